The van der Waals surface area contributed by atoms with Crippen LogP contribution in [0.4, 0.5) is 0 Å². The number of rotatable bonds is 5. The number of benzene rings is 2. The van der Waals surface area contributed by atoms with Crippen molar-refractivity contribution < 1.29 is 4.74 Å². The molecule has 0 amide bonds. The van der Waals surface area contributed by atoms with E-state index in [1.807, 2.05) is 6.07 Å². The van der Waals surface area contributed by atoms with Gasteiger partial charge in [-0.1, -0.05) is 30.3 Å². The highest BCUT2D eigenvalue weighted by Gasteiger charge is 2.26. The van der Waals surface area contributed by atoms with Crippen LogP contribution in [0.15, 0.2) is 59.5 Å². The van der Waals surface area contributed by atoms with Crippen LogP contribution < -0.4 is 4.74 Å². The lowest BCUT2D eigenvalue weighted by molar-refractivity contribution is 0.322. The van der Waals surface area contributed by atoms with Gasteiger partial charge in [0, 0.05) is 17.3 Å². The van der Waals surface area contributed by atoms with Gasteiger partial charge in [0.15, 0.2) is 4.90 Å². The third kappa shape index (κ3) is 3.57. The highest BCUT2D eigenvalue weighted by atomic mass is 32.2. The molecule has 2 heteroatoms. The summed E-state index contributed by atoms with van der Waals surface area (Å²) in [5, 5.41) is 0. The summed E-state index contributed by atoms with van der Waals surface area (Å²) in [6.07, 6.45) is 3.77. The third-order valence-corrected chi connectivity index (χ3v) is 6.19. The molecule has 1 heterocycles. The number of hydrogen-bond donors (Lipinski definition) is 0. The summed E-state index contributed by atoms with van der Waals surface area (Å²) >= 11 is 0. The van der Waals surface area contributed by atoms with Crippen LogP contribution in [0.2, 0.25) is 0 Å². The van der Waals surface area contributed by atoms with E-state index < -0.39 is 0 Å². The first-order chi connectivity index (χ1) is 9.92. The van der Waals surface area contributed by atoms with E-state index in [2.05, 4.69) is 48.5 Å². The van der Waals surface area contributed by atoms with Gasteiger partial charge in [0.05, 0.1) is 6.61 Å². The summed E-state index contributed by atoms with van der Waals surface area (Å²) in [7, 11) is 0.510. The Hall–Kier alpha value is -1.41. The van der Waals surface area contributed by atoms with Crippen molar-refractivity contribution in [3.8, 4) is 5.75 Å². The molecule has 0 bridgehead atoms. The minimum Gasteiger partial charge on any atom is -0.493 e. The van der Waals surface area contributed by atoms with Crippen molar-refractivity contribution in [2.45, 2.75) is 24.2 Å². The normalized spacial score (nSPS) is 15.4. The summed E-state index contributed by atoms with van der Waals surface area (Å²) in [5.74, 6) is 3.76. The van der Waals surface area contributed by atoms with Crippen molar-refractivity contribution >= 4 is 10.9 Å². The Morgan fingerprint density at radius 1 is 0.850 bits per heavy atom. The number of hydrogen-bond acceptors (Lipinski definition) is 1. The molecule has 0 spiro atoms. The molecule has 0 aromatic heterocycles. The maximum absolute atomic E-state index is 5.83. The molecule has 104 valence electrons. The van der Waals surface area contributed by atoms with Gasteiger partial charge in [-0.2, -0.15) is 0 Å². The van der Waals surface area contributed by atoms with E-state index >= 15 is 0 Å². The lowest BCUT2D eigenvalue weighted by Gasteiger charge is -2.07. The SMILES string of the molecule is c1ccc(CCOc2ccc([S+]3CCCC3)cc2)cc1. The predicted molar refractivity (Wildman–Crippen MR) is 86.7 cm³/mol. The molecule has 0 saturated carbocycles. The fraction of sp³-hybridized carbons (Fsp3) is 0.333. The van der Waals surface area contributed by atoms with Gasteiger partial charge in [-0.3, -0.25) is 0 Å². The van der Waals surface area contributed by atoms with Crippen molar-refractivity contribution in [2.24, 2.45) is 0 Å². The molecule has 0 aliphatic carbocycles. The lowest BCUT2D eigenvalue weighted by Crippen LogP contribution is -2.04. The fourth-order valence-electron chi connectivity index (χ4n) is 2.55. The molecule has 2 aromatic carbocycles. The van der Waals surface area contributed by atoms with Crippen molar-refractivity contribution in [1.29, 1.82) is 0 Å². The second kappa shape index (κ2) is 6.85. The second-order valence-electron chi connectivity index (χ2n) is 5.16. The molecule has 20 heavy (non-hydrogen) atoms. The Bertz CT molecular complexity index is 515. The smallest absolute Gasteiger partial charge is 0.155 e. The summed E-state index contributed by atoms with van der Waals surface area (Å²) in [6, 6.07) is 19.3. The first kappa shape index (κ1) is 13.6. The molecule has 1 saturated heterocycles. The zero-order valence-corrected chi connectivity index (χ0v) is 12.6. The van der Waals surface area contributed by atoms with E-state index in [0.29, 0.717) is 10.9 Å². The molecule has 3 rings (SSSR count). The zero-order valence-electron chi connectivity index (χ0n) is 11.8. The van der Waals surface area contributed by atoms with Crippen molar-refractivity contribution in [3.05, 3.63) is 60.2 Å². The Morgan fingerprint density at radius 3 is 2.25 bits per heavy atom. The monoisotopic (exact) mass is 285 g/mol. The lowest BCUT2D eigenvalue weighted by atomic mass is 10.2. The van der Waals surface area contributed by atoms with Crippen LogP contribution in [0, 0.1) is 0 Å². The molecule has 1 aliphatic heterocycles. The average molecular weight is 285 g/mol. The van der Waals surface area contributed by atoms with Gasteiger partial charge >= 0.3 is 0 Å². The minimum absolute atomic E-state index is 0.510. The molecular weight excluding hydrogens is 264 g/mol. The largest absolute Gasteiger partial charge is 0.493 e. The summed E-state index contributed by atoms with van der Waals surface area (Å²) in [5.41, 5.74) is 1.33. The predicted octanol–water partition coefficient (Wildman–Crippen LogP) is 4.08. The maximum atomic E-state index is 5.83. The molecular formula is C18H21OS+. The van der Waals surface area contributed by atoms with Crippen LogP contribution in [-0.4, -0.2) is 18.1 Å². The third-order valence-electron chi connectivity index (χ3n) is 3.69. The summed E-state index contributed by atoms with van der Waals surface area (Å²) in [6.45, 7) is 0.745. The second-order valence-corrected chi connectivity index (χ2v) is 7.44. The van der Waals surface area contributed by atoms with Gasteiger partial charge in [0.1, 0.15) is 17.3 Å². The molecule has 1 fully saturated rings. The van der Waals surface area contributed by atoms with E-state index in [1.54, 1.807) is 0 Å². The van der Waals surface area contributed by atoms with Gasteiger partial charge in [-0.15, -0.1) is 0 Å². The first-order valence-electron chi connectivity index (χ1n) is 7.36. The molecule has 0 radical (unpaired) electrons. The minimum atomic E-state index is 0.510. The van der Waals surface area contributed by atoms with Gasteiger partial charge in [-0.05, 0) is 42.7 Å². The van der Waals surface area contributed by atoms with E-state index in [9.17, 15) is 0 Å². The molecule has 0 N–H and O–H groups in total. The van der Waals surface area contributed by atoms with Gasteiger partial charge in [0.25, 0.3) is 0 Å². The Morgan fingerprint density at radius 2 is 1.55 bits per heavy atom. The fourth-order valence-corrected chi connectivity index (χ4v) is 4.85. The Labute approximate surface area is 124 Å². The molecule has 2 aromatic rings. The van der Waals surface area contributed by atoms with E-state index in [-0.39, 0.29) is 0 Å². The van der Waals surface area contributed by atoms with E-state index in [1.165, 1.54) is 34.8 Å². The van der Waals surface area contributed by atoms with Crippen LogP contribution in [0.25, 0.3) is 0 Å². The highest BCUT2D eigenvalue weighted by Crippen LogP contribution is 2.24. The molecule has 0 unspecified atom stereocenters. The van der Waals surface area contributed by atoms with Crippen LogP contribution in [-0.2, 0) is 17.3 Å². The van der Waals surface area contributed by atoms with Crippen LogP contribution >= 0.6 is 0 Å². The van der Waals surface area contributed by atoms with Crippen LogP contribution in [0.5, 0.6) is 5.75 Å². The molecule has 1 nitrogen and oxygen atoms in total. The van der Waals surface area contributed by atoms with Crippen LogP contribution in [0.1, 0.15) is 18.4 Å². The Balaban J connectivity index is 1.50. The average Bonchev–Trinajstić information content (AvgIpc) is 3.03. The number of ether oxygens (including phenoxy) is 1. The van der Waals surface area contributed by atoms with Crippen molar-refractivity contribution in [3.63, 3.8) is 0 Å². The highest BCUT2D eigenvalue weighted by molar-refractivity contribution is 7.97. The topological polar surface area (TPSA) is 9.23 Å². The van der Waals surface area contributed by atoms with E-state index in [4.69, 9.17) is 4.74 Å². The van der Waals surface area contributed by atoms with Crippen molar-refractivity contribution in [1.82, 2.24) is 0 Å². The zero-order chi connectivity index (χ0) is 13.6. The molecule has 0 atom stereocenters. The van der Waals surface area contributed by atoms with Gasteiger partial charge in [0.2, 0.25) is 0 Å². The summed E-state index contributed by atoms with van der Waals surface area (Å²) in [4.78, 5) is 1.51. The van der Waals surface area contributed by atoms with Crippen molar-refractivity contribution in [2.75, 3.05) is 18.1 Å². The van der Waals surface area contributed by atoms with Crippen LogP contribution in [0.3, 0.4) is 0 Å². The quantitative estimate of drug-likeness (QED) is 0.752. The van der Waals surface area contributed by atoms with Gasteiger partial charge in [-0.25, -0.2) is 0 Å². The first-order valence-corrected chi connectivity index (χ1v) is 8.92. The maximum Gasteiger partial charge on any atom is 0.155 e. The van der Waals surface area contributed by atoms with Gasteiger partial charge < -0.3 is 4.74 Å². The standard InChI is InChI=1S/C18H21OS/c1-2-6-16(7-3-1)12-13-19-17-8-10-18(11-9-17)20-14-4-5-15-20/h1-3,6-11H,4-5,12-15H2/q+1. The van der Waals surface area contributed by atoms with E-state index in [0.717, 1.165) is 18.8 Å². The summed E-state index contributed by atoms with van der Waals surface area (Å²) < 4.78 is 5.83. The Kier molecular flexibility index (Phi) is 4.65. The molecule has 1 aliphatic rings.